The maximum Gasteiger partial charge on any atom is 0.261 e. The van der Waals surface area contributed by atoms with Crippen LogP contribution in [0.3, 0.4) is 0 Å². The highest BCUT2D eigenvalue weighted by Gasteiger charge is 2.04. The van der Waals surface area contributed by atoms with E-state index in [9.17, 15) is 13.6 Å². The first-order valence-electron chi connectivity index (χ1n) is 4.89. The number of ether oxygens (including phenoxy) is 1. The highest BCUT2D eigenvalue weighted by atomic mass is 19.3. The van der Waals surface area contributed by atoms with Crippen molar-refractivity contribution in [3.63, 3.8) is 0 Å². The summed E-state index contributed by atoms with van der Waals surface area (Å²) in [6, 6.07) is 8.66. The van der Waals surface area contributed by atoms with Crippen LogP contribution in [0.4, 0.5) is 8.78 Å². The third-order valence-electron chi connectivity index (χ3n) is 1.81. The Morgan fingerprint density at radius 3 is 2.62 bits per heavy atom. The number of hydrogen-bond acceptors (Lipinski definition) is 2. The molecule has 0 aliphatic heterocycles. The fourth-order valence-corrected chi connectivity index (χ4v) is 1.10. The third-order valence-corrected chi connectivity index (χ3v) is 1.81. The van der Waals surface area contributed by atoms with E-state index in [-0.39, 0.29) is 19.1 Å². The van der Waals surface area contributed by atoms with Crippen LogP contribution in [0.5, 0.6) is 0 Å². The monoisotopic (exact) mass is 229 g/mol. The number of rotatable bonds is 6. The Bertz CT molecular complexity index is 317. The second-order valence-corrected chi connectivity index (χ2v) is 3.09. The molecule has 1 rings (SSSR count). The Kier molecular flexibility index (Phi) is 5.42. The van der Waals surface area contributed by atoms with Gasteiger partial charge in [-0.25, -0.2) is 8.78 Å². The molecule has 0 saturated heterocycles. The van der Waals surface area contributed by atoms with E-state index in [1.807, 2.05) is 6.07 Å². The summed E-state index contributed by atoms with van der Waals surface area (Å²) in [5.74, 6) is -0.235. The number of alkyl halides is 2. The van der Waals surface area contributed by atoms with Gasteiger partial charge >= 0.3 is 0 Å². The van der Waals surface area contributed by atoms with Crippen molar-refractivity contribution in [1.82, 2.24) is 5.32 Å². The summed E-state index contributed by atoms with van der Waals surface area (Å²) in [6.45, 7) is -0.287. The van der Waals surface area contributed by atoms with E-state index in [1.54, 1.807) is 24.3 Å². The maximum absolute atomic E-state index is 11.7. The van der Waals surface area contributed by atoms with Gasteiger partial charge in [0, 0.05) is 12.1 Å². The molecule has 0 aliphatic rings. The first-order valence-corrected chi connectivity index (χ1v) is 4.89. The van der Waals surface area contributed by atoms with Crippen LogP contribution >= 0.6 is 0 Å². The van der Waals surface area contributed by atoms with Crippen molar-refractivity contribution >= 4 is 5.91 Å². The lowest BCUT2D eigenvalue weighted by molar-refractivity contribution is 0.0188. The Hall–Kier alpha value is -1.49. The molecule has 0 aromatic heterocycles. The molecular formula is C11H13F2NO2. The fourth-order valence-electron chi connectivity index (χ4n) is 1.10. The van der Waals surface area contributed by atoms with Crippen molar-refractivity contribution in [1.29, 1.82) is 0 Å². The molecular weight excluding hydrogens is 216 g/mol. The molecule has 3 nitrogen and oxygen atoms in total. The molecule has 0 saturated carbocycles. The number of nitrogens with one attached hydrogen (secondary N) is 1. The zero-order valence-electron chi connectivity index (χ0n) is 8.66. The summed E-state index contributed by atoms with van der Waals surface area (Å²) in [7, 11) is 0. The van der Waals surface area contributed by atoms with Crippen LogP contribution in [0.2, 0.25) is 0 Å². The van der Waals surface area contributed by atoms with Crippen LogP contribution in [0, 0.1) is 0 Å². The molecule has 0 radical (unpaired) electrons. The van der Waals surface area contributed by atoms with E-state index < -0.39 is 13.0 Å². The van der Waals surface area contributed by atoms with Crippen LogP contribution in [-0.2, 0) is 4.74 Å². The van der Waals surface area contributed by atoms with Gasteiger partial charge < -0.3 is 10.1 Å². The van der Waals surface area contributed by atoms with Gasteiger partial charge in [-0.3, -0.25) is 4.79 Å². The largest absolute Gasteiger partial charge is 0.374 e. The smallest absolute Gasteiger partial charge is 0.261 e. The predicted molar refractivity (Wildman–Crippen MR) is 55.6 cm³/mol. The first-order chi connectivity index (χ1) is 7.70. The Morgan fingerprint density at radius 1 is 1.31 bits per heavy atom. The highest BCUT2D eigenvalue weighted by molar-refractivity contribution is 5.94. The molecule has 0 spiro atoms. The summed E-state index contributed by atoms with van der Waals surface area (Å²) in [5, 5.41) is 2.56. The number of halogens is 2. The minimum atomic E-state index is -2.47. The number of benzene rings is 1. The van der Waals surface area contributed by atoms with Crippen molar-refractivity contribution in [2.24, 2.45) is 0 Å². The van der Waals surface area contributed by atoms with E-state index in [0.717, 1.165) is 0 Å². The second-order valence-electron chi connectivity index (χ2n) is 3.09. The minimum Gasteiger partial charge on any atom is -0.374 e. The molecule has 1 aromatic rings. The van der Waals surface area contributed by atoms with E-state index in [0.29, 0.717) is 5.56 Å². The highest BCUT2D eigenvalue weighted by Crippen LogP contribution is 1.97. The lowest BCUT2D eigenvalue weighted by atomic mass is 10.2. The van der Waals surface area contributed by atoms with E-state index >= 15 is 0 Å². The van der Waals surface area contributed by atoms with Gasteiger partial charge in [-0.05, 0) is 12.1 Å². The summed E-state index contributed by atoms with van der Waals surface area (Å²) in [6.07, 6.45) is -2.47. The van der Waals surface area contributed by atoms with Crippen LogP contribution in [0.15, 0.2) is 30.3 Å². The van der Waals surface area contributed by atoms with Crippen molar-refractivity contribution in [3.05, 3.63) is 35.9 Å². The fraction of sp³-hybridized carbons (Fsp3) is 0.364. The Balaban J connectivity index is 2.16. The van der Waals surface area contributed by atoms with Gasteiger partial charge in [0.25, 0.3) is 12.3 Å². The quantitative estimate of drug-likeness (QED) is 0.754. The van der Waals surface area contributed by atoms with Crippen molar-refractivity contribution in [2.45, 2.75) is 6.43 Å². The van der Waals surface area contributed by atoms with E-state index in [4.69, 9.17) is 0 Å². The maximum atomic E-state index is 11.7. The molecule has 0 fully saturated rings. The summed E-state index contributed by atoms with van der Waals surface area (Å²) >= 11 is 0. The standard InChI is InChI=1S/C11H13F2NO2/c12-10(13)8-16-7-6-14-11(15)9-4-2-1-3-5-9/h1-5,10H,6-8H2,(H,14,15). The van der Waals surface area contributed by atoms with Crippen molar-refractivity contribution in [3.8, 4) is 0 Å². The van der Waals surface area contributed by atoms with E-state index in [2.05, 4.69) is 10.1 Å². The molecule has 88 valence electrons. The normalized spacial score (nSPS) is 10.4. The molecule has 1 N–H and O–H groups in total. The van der Waals surface area contributed by atoms with Gasteiger partial charge in [-0.2, -0.15) is 0 Å². The Labute approximate surface area is 92.4 Å². The average molecular weight is 229 g/mol. The minimum absolute atomic E-state index is 0.0862. The van der Waals surface area contributed by atoms with Crippen LogP contribution in [0.1, 0.15) is 10.4 Å². The molecule has 16 heavy (non-hydrogen) atoms. The van der Waals surface area contributed by atoms with Crippen LogP contribution < -0.4 is 5.32 Å². The lowest BCUT2D eigenvalue weighted by Crippen LogP contribution is -2.27. The topological polar surface area (TPSA) is 38.3 Å². The van der Waals surface area contributed by atoms with E-state index in [1.165, 1.54) is 0 Å². The lowest BCUT2D eigenvalue weighted by Gasteiger charge is -2.05. The Morgan fingerprint density at radius 2 is 2.00 bits per heavy atom. The molecule has 0 aliphatic carbocycles. The number of hydrogen-bond donors (Lipinski definition) is 1. The van der Waals surface area contributed by atoms with Crippen LogP contribution in [-0.4, -0.2) is 32.1 Å². The summed E-state index contributed by atoms with van der Waals surface area (Å²) in [5.41, 5.74) is 0.538. The molecule has 0 heterocycles. The molecule has 1 aromatic carbocycles. The number of carbonyl (C=O) groups excluding carboxylic acids is 1. The van der Waals surface area contributed by atoms with Gasteiger partial charge in [0.05, 0.1) is 6.61 Å². The van der Waals surface area contributed by atoms with Crippen molar-refractivity contribution in [2.75, 3.05) is 19.8 Å². The summed E-state index contributed by atoms with van der Waals surface area (Å²) < 4.78 is 28.0. The van der Waals surface area contributed by atoms with Gasteiger partial charge in [-0.15, -0.1) is 0 Å². The predicted octanol–water partition coefficient (Wildman–Crippen LogP) is 1.70. The van der Waals surface area contributed by atoms with Crippen molar-refractivity contribution < 1.29 is 18.3 Å². The van der Waals surface area contributed by atoms with Crippen LogP contribution in [0.25, 0.3) is 0 Å². The first kappa shape index (κ1) is 12.6. The number of carbonyl (C=O) groups is 1. The third kappa shape index (κ3) is 4.84. The zero-order chi connectivity index (χ0) is 11.8. The SMILES string of the molecule is O=C(NCCOCC(F)F)c1ccccc1. The van der Waals surface area contributed by atoms with Gasteiger partial charge in [0.2, 0.25) is 0 Å². The number of amides is 1. The molecule has 1 amide bonds. The summed E-state index contributed by atoms with van der Waals surface area (Å²) in [4.78, 5) is 11.4. The molecule has 5 heteroatoms. The van der Waals surface area contributed by atoms with Gasteiger partial charge in [0.15, 0.2) is 0 Å². The zero-order valence-corrected chi connectivity index (χ0v) is 8.66. The van der Waals surface area contributed by atoms with Gasteiger partial charge in [-0.1, -0.05) is 18.2 Å². The molecule has 0 bridgehead atoms. The second kappa shape index (κ2) is 6.90. The van der Waals surface area contributed by atoms with Gasteiger partial charge in [0.1, 0.15) is 6.61 Å². The molecule has 0 atom stereocenters. The average Bonchev–Trinajstić information content (AvgIpc) is 2.29. The molecule has 0 unspecified atom stereocenters.